The summed E-state index contributed by atoms with van der Waals surface area (Å²) in [5, 5.41) is 17.0. The molecule has 2 rings (SSSR count). The van der Waals surface area contributed by atoms with Gasteiger partial charge in [-0.2, -0.15) is 0 Å². The van der Waals surface area contributed by atoms with E-state index in [1.807, 2.05) is 37.3 Å². The van der Waals surface area contributed by atoms with Gasteiger partial charge in [-0.1, -0.05) is 43.6 Å². The number of halogens is 1. The van der Waals surface area contributed by atoms with Gasteiger partial charge in [0.2, 0.25) is 0 Å². The van der Waals surface area contributed by atoms with E-state index < -0.39 is 0 Å². The lowest BCUT2D eigenvalue weighted by Gasteiger charge is -2.15. The maximum atomic E-state index is 9.57. The molecular weight excluding hydrogens is 334 g/mol. The fraction of sp³-hybridized carbons (Fsp3) is 0.350. The summed E-state index contributed by atoms with van der Waals surface area (Å²) in [7, 11) is 0. The number of rotatable bonds is 6. The van der Waals surface area contributed by atoms with Gasteiger partial charge in [-0.25, -0.2) is 4.99 Å². The topological polar surface area (TPSA) is 56.6 Å². The molecule has 0 fully saturated rings. The van der Waals surface area contributed by atoms with E-state index in [0.717, 1.165) is 29.8 Å². The zero-order chi connectivity index (χ0) is 18.2. The highest BCUT2D eigenvalue weighted by atomic mass is 35.5. The Morgan fingerprint density at radius 2 is 1.96 bits per heavy atom. The van der Waals surface area contributed by atoms with Gasteiger partial charge in [-0.15, -0.1) is 0 Å². The minimum absolute atomic E-state index is 0.255. The molecule has 0 bridgehead atoms. The molecule has 2 aromatic carbocycles. The number of aromatic hydroxyl groups is 1. The first kappa shape index (κ1) is 19.1. The van der Waals surface area contributed by atoms with Crippen LogP contribution < -0.4 is 10.6 Å². The van der Waals surface area contributed by atoms with Gasteiger partial charge in [0, 0.05) is 17.3 Å². The summed E-state index contributed by atoms with van der Waals surface area (Å²) < 4.78 is 0. The van der Waals surface area contributed by atoms with Crippen molar-refractivity contribution in [1.82, 2.24) is 5.32 Å². The lowest BCUT2D eigenvalue weighted by Crippen LogP contribution is -2.32. The van der Waals surface area contributed by atoms with Gasteiger partial charge >= 0.3 is 0 Å². The molecule has 0 amide bonds. The molecule has 0 heterocycles. The third-order valence-corrected chi connectivity index (χ3v) is 4.21. The molecule has 3 N–H and O–H groups in total. The van der Waals surface area contributed by atoms with Gasteiger partial charge in [0.25, 0.3) is 0 Å². The zero-order valence-electron chi connectivity index (χ0n) is 15.0. The van der Waals surface area contributed by atoms with E-state index in [1.54, 1.807) is 12.1 Å². The maximum Gasteiger partial charge on any atom is 0.196 e. The fourth-order valence-electron chi connectivity index (χ4n) is 2.33. The molecule has 0 aliphatic carbocycles. The summed E-state index contributed by atoms with van der Waals surface area (Å²) in [6.07, 6.45) is 1.06. The van der Waals surface area contributed by atoms with Crippen LogP contribution in [-0.4, -0.2) is 17.6 Å². The van der Waals surface area contributed by atoms with Crippen LogP contribution in [0.5, 0.6) is 5.75 Å². The second kappa shape index (κ2) is 9.33. The first-order chi connectivity index (χ1) is 12.0. The predicted molar refractivity (Wildman–Crippen MR) is 107 cm³/mol. The van der Waals surface area contributed by atoms with E-state index in [2.05, 4.69) is 29.5 Å². The molecule has 25 heavy (non-hydrogen) atoms. The number of hydrogen-bond donors (Lipinski definition) is 3. The van der Waals surface area contributed by atoms with Crippen molar-refractivity contribution < 1.29 is 5.11 Å². The standard InChI is InChI=1S/C20H26ClN3O/c1-14(2)10-11-22-20(23-13-16-6-4-5-7-18(16)21)24-19-9-8-17(25)12-15(19)3/h4-9,12,14,25H,10-11,13H2,1-3H3,(H2,22,23,24). The summed E-state index contributed by atoms with van der Waals surface area (Å²) in [6.45, 7) is 7.67. The Kier molecular flexibility index (Phi) is 7.14. The minimum atomic E-state index is 0.255. The highest BCUT2D eigenvalue weighted by Gasteiger charge is 2.05. The summed E-state index contributed by atoms with van der Waals surface area (Å²) in [6, 6.07) is 13.0. The van der Waals surface area contributed by atoms with Crippen molar-refractivity contribution in [3.05, 3.63) is 58.6 Å². The molecule has 4 nitrogen and oxygen atoms in total. The lowest BCUT2D eigenvalue weighted by molar-refractivity contribution is 0.475. The molecular formula is C20H26ClN3O. The van der Waals surface area contributed by atoms with Crippen LogP contribution in [0.2, 0.25) is 5.02 Å². The van der Waals surface area contributed by atoms with Crippen molar-refractivity contribution in [2.75, 3.05) is 11.9 Å². The molecule has 0 saturated carbocycles. The average molecular weight is 360 g/mol. The largest absolute Gasteiger partial charge is 0.508 e. The zero-order valence-corrected chi connectivity index (χ0v) is 15.8. The van der Waals surface area contributed by atoms with Crippen LogP contribution in [0.1, 0.15) is 31.4 Å². The number of guanidine groups is 1. The van der Waals surface area contributed by atoms with Crippen LogP contribution in [0, 0.1) is 12.8 Å². The molecule has 0 aliphatic heterocycles. The van der Waals surface area contributed by atoms with Gasteiger partial charge in [0.05, 0.1) is 6.54 Å². The van der Waals surface area contributed by atoms with Crippen molar-refractivity contribution in [3.63, 3.8) is 0 Å². The number of phenolic OH excluding ortho intramolecular Hbond substituents is 1. The number of anilines is 1. The lowest BCUT2D eigenvalue weighted by atomic mass is 10.1. The molecule has 5 heteroatoms. The van der Waals surface area contributed by atoms with Gasteiger partial charge in [-0.05, 0) is 54.7 Å². The minimum Gasteiger partial charge on any atom is -0.508 e. The summed E-state index contributed by atoms with van der Waals surface area (Å²) in [4.78, 5) is 4.66. The van der Waals surface area contributed by atoms with Gasteiger partial charge in [0.15, 0.2) is 5.96 Å². The first-order valence-electron chi connectivity index (χ1n) is 8.54. The molecule has 0 saturated heterocycles. The summed E-state index contributed by atoms with van der Waals surface area (Å²) in [5.41, 5.74) is 2.85. The van der Waals surface area contributed by atoms with Crippen molar-refractivity contribution in [3.8, 4) is 5.75 Å². The second-order valence-electron chi connectivity index (χ2n) is 6.49. The van der Waals surface area contributed by atoms with Crippen molar-refractivity contribution in [2.24, 2.45) is 10.9 Å². The molecule has 0 aromatic heterocycles. The molecule has 0 aliphatic rings. The van der Waals surface area contributed by atoms with Crippen LogP contribution in [-0.2, 0) is 6.54 Å². The maximum absolute atomic E-state index is 9.57. The Balaban J connectivity index is 2.13. The number of aliphatic imine (C=N–C) groups is 1. The van der Waals surface area contributed by atoms with Crippen LogP contribution in [0.3, 0.4) is 0 Å². The average Bonchev–Trinajstić information content (AvgIpc) is 2.55. The van der Waals surface area contributed by atoms with Gasteiger partial charge in [-0.3, -0.25) is 0 Å². The van der Waals surface area contributed by atoms with E-state index in [-0.39, 0.29) is 5.75 Å². The van der Waals surface area contributed by atoms with E-state index in [9.17, 15) is 5.11 Å². The van der Waals surface area contributed by atoms with Crippen LogP contribution in [0.25, 0.3) is 0 Å². The van der Waals surface area contributed by atoms with Gasteiger partial charge < -0.3 is 15.7 Å². The van der Waals surface area contributed by atoms with Crippen LogP contribution >= 0.6 is 11.6 Å². The Bertz CT molecular complexity index is 729. The van der Waals surface area contributed by atoms with E-state index in [0.29, 0.717) is 23.4 Å². The number of benzene rings is 2. The Hall–Kier alpha value is -2.20. The molecule has 0 atom stereocenters. The number of aryl methyl sites for hydroxylation is 1. The number of nitrogens with one attached hydrogen (secondary N) is 2. The number of hydrogen-bond acceptors (Lipinski definition) is 2. The van der Waals surface area contributed by atoms with E-state index >= 15 is 0 Å². The molecule has 134 valence electrons. The Morgan fingerprint density at radius 1 is 1.20 bits per heavy atom. The fourth-order valence-corrected chi connectivity index (χ4v) is 2.52. The van der Waals surface area contributed by atoms with Crippen molar-refractivity contribution >= 4 is 23.2 Å². The number of nitrogens with zero attached hydrogens (tertiary/aromatic N) is 1. The van der Waals surface area contributed by atoms with Gasteiger partial charge in [0.1, 0.15) is 5.75 Å². The highest BCUT2D eigenvalue weighted by molar-refractivity contribution is 6.31. The van der Waals surface area contributed by atoms with Crippen molar-refractivity contribution in [2.45, 2.75) is 33.7 Å². The highest BCUT2D eigenvalue weighted by Crippen LogP contribution is 2.20. The second-order valence-corrected chi connectivity index (χ2v) is 6.90. The smallest absolute Gasteiger partial charge is 0.196 e. The Morgan fingerprint density at radius 3 is 2.64 bits per heavy atom. The van der Waals surface area contributed by atoms with E-state index in [4.69, 9.17) is 11.6 Å². The summed E-state index contributed by atoms with van der Waals surface area (Å²) in [5.74, 6) is 1.58. The van der Waals surface area contributed by atoms with Crippen molar-refractivity contribution in [1.29, 1.82) is 0 Å². The number of phenols is 1. The molecule has 0 spiro atoms. The van der Waals surface area contributed by atoms with Crippen LogP contribution in [0.4, 0.5) is 5.69 Å². The van der Waals surface area contributed by atoms with Crippen LogP contribution in [0.15, 0.2) is 47.5 Å². The quantitative estimate of drug-likeness (QED) is 0.388. The third-order valence-electron chi connectivity index (χ3n) is 3.84. The SMILES string of the molecule is Cc1cc(O)ccc1NC(=NCc1ccccc1Cl)NCCC(C)C. The third kappa shape index (κ3) is 6.31. The van der Waals surface area contributed by atoms with E-state index in [1.165, 1.54) is 0 Å². The normalized spacial score (nSPS) is 11.6. The Labute approximate surface area is 155 Å². The molecule has 0 radical (unpaired) electrons. The monoisotopic (exact) mass is 359 g/mol. The molecule has 0 unspecified atom stereocenters. The predicted octanol–water partition coefficient (Wildman–Crippen LogP) is 4.96. The first-order valence-corrected chi connectivity index (χ1v) is 8.92. The molecule has 2 aromatic rings. The summed E-state index contributed by atoms with van der Waals surface area (Å²) >= 11 is 6.22.